The second kappa shape index (κ2) is 8.81. The minimum Gasteiger partial charge on any atom is -0.464 e. The van der Waals surface area contributed by atoms with E-state index in [0.717, 1.165) is 37.9 Å². The van der Waals surface area contributed by atoms with Gasteiger partial charge in [0.2, 0.25) is 0 Å². The number of nitrogens with zero attached hydrogens (tertiary/aromatic N) is 4. The Morgan fingerprint density at radius 1 is 1.22 bits per heavy atom. The molecule has 3 rings (SSSR count). The highest BCUT2D eigenvalue weighted by Crippen LogP contribution is 2.29. The van der Waals surface area contributed by atoms with Gasteiger partial charge in [-0.25, -0.2) is 9.97 Å². The summed E-state index contributed by atoms with van der Waals surface area (Å²) >= 11 is 0. The van der Waals surface area contributed by atoms with Crippen molar-refractivity contribution in [1.82, 2.24) is 9.97 Å². The molecule has 0 bridgehead atoms. The number of benzene rings is 1. The average molecular weight is 366 g/mol. The number of anilines is 1. The Morgan fingerprint density at radius 2 is 1.89 bits per heavy atom. The van der Waals surface area contributed by atoms with Crippen molar-refractivity contribution in [3.05, 3.63) is 30.0 Å². The van der Waals surface area contributed by atoms with Crippen molar-refractivity contribution in [3.8, 4) is 6.07 Å². The maximum atomic E-state index is 12.6. The van der Waals surface area contributed by atoms with Gasteiger partial charge in [0.15, 0.2) is 11.7 Å². The van der Waals surface area contributed by atoms with E-state index in [1.807, 2.05) is 38.1 Å². The molecular weight excluding hydrogens is 340 g/mol. The molecule has 1 aromatic carbocycles. The lowest BCUT2D eigenvalue weighted by molar-refractivity contribution is -0.145. The fourth-order valence-electron chi connectivity index (χ4n) is 3.19. The van der Waals surface area contributed by atoms with Crippen LogP contribution >= 0.6 is 0 Å². The summed E-state index contributed by atoms with van der Waals surface area (Å²) in [5.74, 6) is -0.707. The molecule has 0 spiro atoms. The molecule has 0 N–H and O–H groups in total. The van der Waals surface area contributed by atoms with Crippen LogP contribution in [0.15, 0.2) is 24.3 Å². The number of hydrogen-bond donors (Lipinski definition) is 0. The van der Waals surface area contributed by atoms with Crippen molar-refractivity contribution in [3.63, 3.8) is 0 Å². The second-order valence-corrected chi connectivity index (χ2v) is 7.17. The number of carbonyl (C=O) groups excluding carboxylic acids is 1. The normalized spacial score (nSPS) is 16.6. The molecule has 1 aromatic heterocycles. The molecule has 142 valence electrons. The van der Waals surface area contributed by atoms with Gasteiger partial charge in [0, 0.05) is 13.1 Å². The highest BCUT2D eigenvalue weighted by molar-refractivity contribution is 5.85. The van der Waals surface area contributed by atoms with Crippen LogP contribution in [-0.4, -0.2) is 35.6 Å². The van der Waals surface area contributed by atoms with Gasteiger partial charge >= 0.3 is 5.97 Å². The van der Waals surface area contributed by atoms with Gasteiger partial charge in [-0.15, -0.1) is 0 Å². The Labute approximate surface area is 160 Å². The first-order valence-electron chi connectivity index (χ1n) is 9.72. The Morgan fingerprint density at radius 3 is 2.52 bits per heavy atom. The minimum absolute atomic E-state index is 0.262. The lowest BCUT2D eigenvalue weighted by Gasteiger charge is -2.29. The fourth-order valence-corrected chi connectivity index (χ4v) is 3.19. The number of aromatic nitrogens is 2. The van der Waals surface area contributed by atoms with Crippen molar-refractivity contribution in [2.75, 3.05) is 24.6 Å². The molecule has 1 aliphatic heterocycles. The van der Waals surface area contributed by atoms with Gasteiger partial charge in [-0.05, 0) is 37.3 Å². The molecule has 0 unspecified atom stereocenters. The van der Waals surface area contributed by atoms with Gasteiger partial charge in [-0.3, -0.25) is 4.79 Å². The predicted molar refractivity (Wildman–Crippen MR) is 104 cm³/mol. The van der Waals surface area contributed by atoms with Gasteiger partial charge < -0.3 is 9.64 Å². The molecule has 0 amide bonds. The number of nitriles is 1. The summed E-state index contributed by atoms with van der Waals surface area (Å²) in [6.07, 6.45) is 4.25. The van der Waals surface area contributed by atoms with Crippen molar-refractivity contribution < 1.29 is 9.53 Å². The number of para-hydroxylation sites is 2. The van der Waals surface area contributed by atoms with E-state index in [2.05, 4.69) is 16.0 Å². The van der Waals surface area contributed by atoms with Crippen LogP contribution in [0.5, 0.6) is 0 Å². The first-order chi connectivity index (χ1) is 13.1. The van der Waals surface area contributed by atoms with Crippen molar-refractivity contribution in [2.45, 2.75) is 45.4 Å². The van der Waals surface area contributed by atoms with Gasteiger partial charge in [0.1, 0.15) is 5.69 Å². The van der Waals surface area contributed by atoms with E-state index in [9.17, 15) is 10.1 Å². The summed E-state index contributed by atoms with van der Waals surface area (Å²) in [7, 11) is 0. The highest BCUT2D eigenvalue weighted by atomic mass is 16.5. The highest BCUT2D eigenvalue weighted by Gasteiger charge is 2.30. The molecule has 1 saturated heterocycles. The van der Waals surface area contributed by atoms with E-state index in [1.165, 1.54) is 6.42 Å². The zero-order valence-corrected chi connectivity index (χ0v) is 16.0. The third-order valence-electron chi connectivity index (χ3n) is 5.08. The zero-order chi connectivity index (χ0) is 19.2. The monoisotopic (exact) mass is 366 g/mol. The smallest absolute Gasteiger partial charge is 0.329 e. The SMILES string of the molecule is CC[C@@H](C)COC(=O)[C@H](C#N)c1nc2ccccc2nc1N1CCCCC1. The summed E-state index contributed by atoms with van der Waals surface area (Å²) in [5, 5.41) is 9.73. The topological polar surface area (TPSA) is 79.1 Å². The number of fused-ring (bicyclic) bond motifs is 1. The molecular formula is C21H26N4O2. The number of esters is 1. The third-order valence-corrected chi connectivity index (χ3v) is 5.08. The van der Waals surface area contributed by atoms with E-state index < -0.39 is 11.9 Å². The molecule has 1 aliphatic rings. The van der Waals surface area contributed by atoms with E-state index in [-0.39, 0.29) is 5.92 Å². The molecule has 6 nitrogen and oxygen atoms in total. The molecule has 0 saturated carbocycles. The first-order valence-corrected chi connectivity index (χ1v) is 9.72. The third kappa shape index (κ3) is 4.36. The van der Waals surface area contributed by atoms with Crippen LogP contribution < -0.4 is 4.90 Å². The van der Waals surface area contributed by atoms with Crippen LogP contribution in [0.2, 0.25) is 0 Å². The number of rotatable bonds is 6. The van der Waals surface area contributed by atoms with Gasteiger partial charge in [0.25, 0.3) is 0 Å². The number of carbonyl (C=O) groups is 1. The molecule has 6 heteroatoms. The number of piperidine rings is 1. The summed E-state index contributed by atoms with van der Waals surface area (Å²) in [6, 6.07) is 9.65. The standard InChI is InChI=1S/C21H26N4O2/c1-3-15(2)14-27-21(26)16(13-22)19-20(25-11-7-4-8-12-25)24-18-10-6-5-9-17(18)23-19/h5-6,9-10,15-16H,3-4,7-8,11-12,14H2,1-2H3/t15-,16-/m1/s1. The van der Waals surface area contributed by atoms with Crippen LogP contribution in [0.4, 0.5) is 5.82 Å². The predicted octanol–water partition coefficient (Wildman–Crippen LogP) is 3.82. The molecule has 0 radical (unpaired) electrons. The lowest BCUT2D eigenvalue weighted by Crippen LogP contribution is -2.32. The number of hydrogen-bond acceptors (Lipinski definition) is 6. The molecule has 2 heterocycles. The van der Waals surface area contributed by atoms with E-state index >= 15 is 0 Å². The summed E-state index contributed by atoms with van der Waals surface area (Å²) in [4.78, 5) is 24.2. The van der Waals surface area contributed by atoms with E-state index in [0.29, 0.717) is 23.6 Å². The maximum Gasteiger partial charge on any atom is 0.329 e. The molecule has 0 aliphatic carbocycles. The van der Waals surface area contributed by atoms with Crippen molar-refractivity contribution >= 4 is 22.8 Å². The second-order valence-electron chi connectivity index (χ2n) is 7.17. The molecule has 2 aromatic rings. The van der Waals surface area contributed by atoms with Crippen molar-refractivity contribution in [2.24, 2.45) is 5.92 Å². The van der Waals surface area contributed by atoms with E-state index in [1.54, 1.807) is 0 Å². The first kappa shape index (κ1) is 19.1. The average Bonchev–Trinajstić information content (AvgIpc) is 2.72. The van der Waals surface area contributed by atoms with E-state index in [4.69, 9.17) is 9.72 Å². The summed E-state index contributed by atoms with van der Waals surface area (Å²) in [6.45, 7) is 6.10. The maximum absolute atomic E-state index is 12.6. The van der Waals surface area contributed by atoms with Crippen LogP contribution in [0, 0.1) is 17.2 Å². The zero-order valence-electron chi connectivity index (χ0n) is 16.0. The molecule has 27 heavy (non-hydrogen) atoms. The van der Waals surface area contributed by atoms with Gasteiger partial charge in [0.05, 0.1) is 23.7 Å². The number of ether oxygens (including phenoxy) is 1. The Bertz CT molecular complexity index is 840. The van der Waals surface area contributed by atoms with Gasteiger partial charge in [-0.1, -0.05) is 32.4 Å². The van der Waals surface area contributed by atoms with Crippen LogP contribution in [0.3, 0.4) is 0 Å². The quantitative estimate of drug-likeness (QED) is 0.723. The Kier molecular flexibility index (Phi) is 6.23. The lowest BCUT2D eigenvalue weighted by atomic mass is 10.0. The van der Waals surface area contributed by atoms with Gasteiger partial charge in [-0.2, -0.15) is 5.26 Å². The molecule has 1 fully saturated rings. The Balaban J connectivity index is 1.98. The molecule has 2 atom stereocenters. The summed E-state index contributed by atoms with van der Waals surface area (Å²) < 4.78 is 5.41. The van der Waals surface area contributed by atoms with Crippen LogP contribution in [0.1, 0.15) is 51.1 Å². The minimum atomic E-state index is -1.07. The van der Waals surface area contributed by atoms with Crippen LogP contribution in [-0.2, 0) is 9.53 Å². The van der Waals surface area contributed by atoms with Crippen LogP contribution in [0.25, 0.3) is 11.0 Å². The largest absolute Gasteiger partial charge is 0.464 e. The fraction of sp³-hybridized carbons (Fsp3) is 0.524. The Hall–Kier alpha value is -2.68. The summed E-state index contributed by atoms with van der Waals surface area (Å²) in [5.41, 5.74) is 1.86. The van der Waals surface area contributed by atoms with Crippen molar-refractivity contribution in [1.29, 1.82) is 5.26 Å².